The van der Waals surface area contributed by atoms with Crippen molar-refractivity contribution in [2.45, 2.75) is 25.9 Å². The molecule has 0 spiro atoms. The van der Waals surface area contributed by atoms with Crippen molar-refractivity contribution in [2.24, 2.45) is 0 Å². The average molecular weight is 224 g/mol. The fourth-order valence-corrected chi connectivity index (χ4v) is 2.45. The monoisotopic (exact) mass is 224 g/mol. The average Bonchev–Trinajstić information content (AvgIpc) is 2.39. The second kappa shape index (κ2) is 4.25. The van der Waals surface area contributed by atoms with Crippen LogP contribution in [0.15, 0.2) is 48.1 Å². The number of rotatable bonds is 2. The van der Waals surface area contributed by atoms with E-state index in [-0.39, 0.29) is 6.10 Å². The maximum atomic E-state index is 5.80. The van der Waals surface area contributed by atoms with E-state index in [0.717, 1.165) is 6.42 Å². The molecule has 0 amide bonds. The molecule has 1 aliphatic heterocycles. The minimum atomic E-state index is 0.108. The van der Waals surface area contributed by atoms with Crippen molar-refractivity contribution in [1.29, 1.82) is 0 Å². The molecule has 86 valence electrons. The van der Waals surface area contributed by atoms with Gasteiger partial charge in [-0.15, -0.1) is 0 Å². The van der Waals surface area contributed by atoms with Gasteiger partial charge in [-0.3, -0.25) is 0 Å². The van der Waals surface area contributed by atoms with E-state index in [1.165, 1.54) is 28.0 Å². The molecule has 1 aromatic carbocycles. The Labute approximate surface area is 101 Å². The third-order valence-electron chi connectivity index (χ3n) is 3.30. The topological polar surface area (TPSA) is 9.23 Å². The lowest BCUT2D eigenvalue weighted by Crippen LogP contribution is -2.35. The molecular formula is C16H16O. The van der Waals surface area contributed by atoms with Gasteiger partial charge in [0.25, 0.3) is 0 Å². The Kier molecular flexibility index (Phi) is 2.60. The third kappa shape index (κ3) is 1.82. The summed E-state index contributed by atoms with van der Waals surface area (Å²) in [4.78, 5) is 0. The van der Waals surface area contributed by atoms with Crippen molar-refractivity contribution >= 4 is 11.8 Å². The van der Waals surface area contributed by atoms with Gasteiger partial charge in [0, 0.05) is 10.8 Å². The van der Waals surface area contributed by atoms with E-state index in [1.807, 2.05) is 12.3 Å². The SMILES string of the molecule is CCCC1=CC2OC=c3ccccc3=C2C=C1. The van der Waals surface area contributed by atoms with Gasteiger partial charge in [-0.1, -0.05) is 49.8 Å². The van der Waals surface area contributed by atoms with Crippen LogP contribution in [0.25, 0.3) is 11.8 Å². The fourth-order valence-electron chi connectivity index (χ4n) is 2.45. The highest BCUT2D eigenvalue weighted by atomic mass is 16.5. The van der Waals surface area contributed by atoms with E-state index in [2.05, 4.69) is 43.4 Å². The number of ether oxygens (including phenoxy) is 1. The lowest BCUT2D eigenvalue weighted by atomic mass is 9.94. The van der Waals surface area contributed by atoms with Crippen LogP contribution in [0.2, 0.25) is 0 Å². The molecule has 0 aromatic heterocycles. The van der Waals surface area contributed by atoms with Gasteiger partial charge in [0.1, 0.15) is 6.10 Å². The molecule has 0 radical (unpaired) electrons. The Morgan fingerprint density at radius 3 is 2.94 bits per heavy atom. The van der Waals surface area contributed by atoms with Gasteiger partial charge in [-0.2, -0.15) is 0 Å². The van der Waals surface area contributed by atoms with Gasteiger partial charge in [-0.05, 0) is 23.3 Å². The van der Waals surface area contributed by atoms with Gasteiger partial charge >= 0.3 is 0 Å². The Morgan fingerprint density at radius 2 is 2.06 bits per heavy atom. The molecule has 0 N–H and O–H groups in total. The molecule has 17 heavy (non-hydrogen) atoms. The normalized spacial score (nSPS) is 20.9. The highest BCUT2D eigenvalue weighted by Gasteiger charge is 2.18. The standard InChI is InChI=1S/C16H16O/c1-2-5-12-8-9-15-14-7-4-3-6-13(14)11-17-16(15)10-12/h3-4,6-11,16H,2,5H2,1H3. The van der Waals surface area contributed by atoms with Crippen molar-refractivity contribution in [3.05, 3.63) is 58.5 Å². The first-order valence-corrected chi connectivity index (χ1v) is 6.22. The molecule has 1 aromatic rings. The third-order valence-corrected chi connectivity index (χ3v) is 3.30. The molecule has 2 aliphatic rings. The zero-order chi connectivity index (χ0) is 11.7. The number of hydrogen-bond acceptors (Lipinski definition) is 1. The number of hydrogen-bond donors (Lipinski definition) is 0. The summed E-state index contributed by atoms with van der Waals surface area (Å²) in [7, 11) is 0. The fraction of sp³-hybridized carbons (Fsp3) is 0.250. The molecule has 1 atom stereocenters. The number of benzene rings is 1. The summed E-state index contributed by atoms with van der Waals surface area (Å²) in [5, 5.41) is 2.47. The summed E-state index contributed by atoms with van der Waals surface area (Å²) < 4.78 is 5.80. The summed E-state index contributed by atoms with van der Waals surface area (Å²) >= 11 is 0. The van der Waals surface area contributed by atoms with Crippen molar-refractivity contribution in [3.63, 3.8) is 0 Å². The molecule has 1 aliphatic carbocycles. The lowest BCUT2D eigenvalue weighted by Gasteiger charge is -2.22. The quantitative estimate of drug-likeness (QED) is 0.749. The first-order chi connectivity index (χ1) is 8.38. The van der Waals surface area contributed by atoms with E-state index in [9.17, 15) is 0 Å². The summed E-state index contributed by atoms with van der Waals surface area (Å²) in [6.07, 6.45) is 11.0. The Balaban J connectivity index is 2.11. The smallest absolute Gasteiger partial charge is 0.142 e. The molecule has 3 rings (SSSR count). The van der Waals surface area contributed by atoms with Crippen LogP contribution in [0.4, 0.5) is 0 Å². The van der Waals surface area contributed by atoms with Crippen LogP contribution in [0, 0.1) is 0 Å². The van der Waals surface area contributed by atoms with Crippen molar-refractivity contribution in [2.75, 3.05) is 0 Å². The molecule has 1 unspecified atom stereocenters. The van der Waals surface area contributed by atoms with Crippen LogP contribution >= 0.6 is 0 Å². The second-order valence-electron chi connectivity index (χ2n) is 4.54. The second-order valence-corrected chi connectivity index (χ2v) is 4.54. The zero-order valence-electron chi connectivity index (χ0n) is 10.0. The van der Waals surface area contributed by atoms with E-state index < -0.39 is 0 Å². The predicted octanol–water partition coefficient (Wildman–Crippen LogP) is 2.27. The zero-order valence-corrected chi connectivity index (χ0v) is 10.0. The Morgan fingerprint density at radius 1 is 1.18 bits per heavy atom. The van der Waals surface area contributed by atoms with E-state index in [1.54, 1.807) is 0 Å². The van der Waals surface area contributed by atoms with Gasteiger partial charge in [0.05, 0.1) is 6.26 Å². The van der Waals surface area contributed by atoms with E-state index >= 15 is 0 Å². The summed E-state index contributed by atoms with van der Waals surface area (Å²) in [5.74, 6) is 0. The van der Waals surface area contributed by atoms with E-state index in [0.29, 0.717) is 0 Å². The summed E-state index contributed by atoms with van der Waals surface area (Å²) in [5.41, 5.74) is 2.66. The lowest BCUT2D eigenvalue weighted by molar-refractivity contribution is 0.274. The van der Waals surface area contributed by atoms with Gasteiger partial charge in [0.2, 0.25) is 0 Å². The van der Waals surface area contributed by atoms with Gasteiger partial charge < -0.3 is 4.74 Å². The summed E-state index contributed by atoms with van der Waals surface area (Å²) in [6, 6.07) is 8.39. The maximum absolute atomic E-state index is 5.80. The number of allylic oxidation sites excluding steroid dienone is 2. The van der Waals surface area contributed by atoms with Crippen molar-refractivity contribution in [3.8, 4) is 0 Å². The highest BCUT2D eigenvalue weighted by molar-refractivity contribution is 5.68. The number of fused-ring (bicyclic) bond motifs is 2. The summed E-state index contributed by atoms with van der Waals surface area (Å²) in [6.45, 7) is 2.21. The predicted molar refractivity (Wildman–Crippen MR) is 70.6 cm³/mol. The van der Waals surface area contributed by atoms with Crippen LogP contribution in [0.1, 0.15) is 19.8 Å². The highest BCUT2D eigenvalue weighted by Crippen LogP contribution is 2.23. The largest absolute Gasteiger partial charge is 0.489 e. The van der Waals surface area contributed by atoms with Crippen LogP contribution in [0.3, 0.4) is 0 Å². The van der Waals surface area contributed by atoms with Crippen LogP contribution in [0.5, 0.6) is 0 Å². The van der Waals surface area contributed by atoms with Crippen LogP contribution in [-0.4, -0.2) is 6.10 Å². The molecule has 0 saturated heterocycles. The minimum absolute atomic E-state index is 0.108. The Hall–Kier alpha value is -1.76. The van der Waals surface area contributed by atoms with Crippen molar-refractivity contribution < 1.29 is 4.74 Å². The van der Waals surface area contributed by atoms with E-state index in [4.69, 9.17) is 4.74 Å². The maximum Gasteiger partial charge on any atom is 0.142 e. The molecule has 0 bridgehead atoms. The molecule has 1 heterocycles. The molecule has 1 nitrogen and oxygen atoms in total. The van der Waals surface area contributed by atoms with Crippen LogP contribution < -0.4 is 10.4 Å². The molecule has 1 heteroatoms. The molecule has 0 fully saturated rings. The first kappa shape index (κ1) is 10.4. The first-order valence-electron chi connectivity index (χ1n) is 6.22. The van der Waals surface area contributed by atoms with Crippen molar-refractivity contribution in [1.82, 2.24) is 0 Å². The minimum Gasteiger partial charge on any atom is -0.489 e. The van der Waals surface area contributed by atoms with Crippen LogP contribution in [-0.2, 0) is 4.74 Å². The molecule has 0 saturated carbocycles. The van der Waals surface area contributed by atoms with Gasteiger partial charge in [0.15, 0.2) is 0 Å². The molecular weight excluding hydrogens is 208 g/mol. The van der Waals surface area contributed by atoms with Gasteiger partial charge in [-0.25, -0.2) is 0 Å². The Bertz CT molecular complexity index is 605.